The van der Waals surface area contributed by atoms with Crippen molar-refractivity contribution in [3.63, 3.8) is 0 Å². The number of fused-ring (bicyclic) bond motifs is 1. The Hall–Kier alpha value is -1.62. The van der Waals surface area contributed by atoms with Crippen LogP contribution in [0.25, 0.3) is 11.0 Å². The minimum Gasteiger partial charge on any atom is -0.365 e. The summed E-state index contributed by atoms with van der Waals surface area (Å²) in [4.78, 5) is 12.2. The van der Waals surface area contributed by atoms with Gasteiger partial charge in [0.05, 0.1) is 5.39 Å². The summed E-state index contributed by atoms with van der Waals surface area (Å²) in [5, 5.41) is 8.28. The molecule has 0 amide bonds. The first kappa shape index (κ1) is 13.1. The van der Waals surface area contributed by atoms with Gasteiger partial charge in [0.2, 0.25) is 0 Å². The second-order valence-electron chi connectivity index (χ2n) is 6.50. The van der Waals surface area contributed by atoms with Crippen LogP contribution in [-0.4, -0.2) is 34.1 Å². The maximum absolute atomic E-state index is 4.53. The van der Waals surface area contributed by atoms with E-state index in [4.69, 9.17) is 0 Å². The van der Waals surface area contributed by atoms with Crippen LogP contribution in [0.3, 0.4) is 0 Å². The van der Waals surface area contributed by atoms with Crippen molar-refractivity contribution in [1.82, 2.24) is 20.3 Å². The van der Waals surface area contributed by atoms with Crippen LogP contribution in [-0.2, 0) is 0 Å². The molecular weight excluding hydrogens is 262 g/mol. The van der Waals surface area contributed by atoms with Crippen molar-refractivity contribution in [2.45, 2.75) is 44.6 Å². The van der Waals surface area contributed by atoms with Gasteiger partial charge in [-0.1, -0.05) is 6.92 Å². The van der Waals surface area contributed by atoms with Crippen molar-refractivity contribution in [3.05, 3.63) is 18.1 Å². The van der Waals surface area contributed by atoms with Crippen molar-refractivity contribution in [2.24, 2.45) is 5.92 Å². The Labute approximate surface area is 124 Å². The van der Waals surface area contributed by atoms with E-state index in [9.17, 15) is 0 Å². The summed E-state index contributed by atoms with van der Waals surface area (Å²) in [7, 11) is 0. The largest absolute Gasteiger partial charge is 0.365 e. The third-order valence-electron chi connectivity index (χ3n) is 4.96. The molecule has 2 aromatic rings. The van der Waals surface area contributed by atoms with E-state index < -0.39 is 0 Å². The molecule has 112 valence electrons. The van der Waals surface area contributed by atoms with E-state index in [1.807, 2.05) is 0 Å². The van der Waals surface area contributed by atoms with E-state index >= 15 is 0 Å². The lowest BCUT2D eigenvalue weighted by atomic mass is 9.96. The predicted octanol–water partition coefficient (Wildman–Crippen LogP) is 2.64. The summed E-state index contributed by atoms with van der Waals surface area (Å²) < 4.78 is 0. The second kappa shape index (κ2) is 5.30. The predicted molar refractivity (Wildman–Crippen MR) is 84.5 cm³/mol. The first-order valence-electron chi connectivity index (χ1n) is 8.12. The Morgan fingerprint density at radius 1 is 1.29 bits per heavy atom. The van der Waals surface area contributed by atoms with E-state index in [0.29, 0.717) is 12.0 Å². The van der Waals surface area contributed by atoms with Gasteiger partial charge >= 0.3 is 0 Å². The highest BCUT2D eigenvalue weighted by Crippen LogP contribution is 2.44. The Kier molecular flexibility index (Phi) is 3.30. The number of rotatable bonds is 4. The molecule has 2 aromatic heterocycles. The highest BCUT2D eigenvalue weighted by molar-refractivity contribution is 5.91. The number of piperidine rings is 1. The molecule has 0 bridgehead atoms. The molecule has 0 aromatic carbocycles. The van der Waals surface area contributed by atoms with Gasteiger partial charge in [-0.15, -0.1) is 0 Å². The van der Waals surface area contributed by atoms with Crippen LogP contribution >= 0.6 is 0 Å². The van der Waals surface area contributed by atoms with E-state index in [2.05, 4.69) is 38.7 Å². The Balaban J connectivity index is 1.68. The fourth-order valence-corrected chi connectivity index (χ4v) is 3.47. The van der Waals surface area contributed by atoms with Crippen LogP contribution in [0.15, 0.2) is 12.5 Å². The molecule has 1 aliphatic heterocycles. The first-order valence-corrected chi connectivity index (χ1v) is 8.12. The second-order valence-corrected chi connectivity index (χ2v) is 6.50. The Morgan fingerprint density at radius 2 is 2.19 bits per heavy atom. The smallest absolute Gasteiger partial charge is 0.143 e. The summed E-state index contributed by atoms with van der Waals surface area (Å²) in [6.07, 6.45) is 8.93. The molecule has 0 radical (unpaired) electrons. The highest BCUT2D eigenvalue weighted by atomic mass is 15.1. The molecule has 4 rings (SSSR count). The fraction of sp³-hybridized carbons (Fsp3) is 0.625. The number of H-pyrrole nitrogens is 1. The van der Waals surface area contributed by atoms with Crippen LogP contribution in [0.1, 0.15) is 44.1 Å². The number of hydrogen-bond acceptors (Lipinski definition) is 4. The maximum atomic E-state index is 4.53. The molecule has 5 nitrogen and oxygen atoms in total. The van der Waals surface area contributed by atoms with Crippen LogP contribution in [0, 0.1) is 5.92 Å². The first-order chi connectivity index (χ1) is 10.3. The van der Waals surface area contributed by atoms with Gasteiger partial charge in [0.1, 0.15) is 17.8 Å². The summed E-state index contributed by atoms with van der Waals surface area (Å²) in [5.41, 5.74) is 2.33. The molecule has 2 atom stereocenters. The van der Waals surface area contributed by atoms with Gasteiger partial charge < -0.3 is 15.6 Å². The Morgan fingerprint density at radius 3 is 2.95 bits per heavy atom. The molecule has 1 saturated heterocycles. The van der Waals surface area contributed by atoms with E-state index in [-0.39, 0.29) is 0 Å². The average molecular weight is 285 g/mol. The number of nitrogens with zero attached hydrogens (tertiary/aromatic N) is 2. The number of hydrogen-bond donors (Lipinski definition) is 3. The zero-order valence-electron chi connectivity index (χ0n) is 12.5. The summed E-state index contributed by atoms with van der Waals surface area (Å²) in [6, 6.07) is 0.468. The van der Waals surface area contributed by atoms with E-state index in [1.165, 1.54) is 36.6 Å². The minimum atomic E-state index is 0.468. The third kappa shape index (κ3) is 2.50. The molecule has 21 heavy (non-hydrogen) atoms. The number of nitrogens with one attached hydrogen (secondary N) is 3. The van der Waals surface area contributed by atoms with Crippen LogP contribution in [0.5, 0.6) is 0 Å². The van der Waals surface area contributed by atoms with Gasteiger partial charge in [0.15, 0.2) is 0 Å². The molecule has 1 unspecified atom stereocenters. The Bertz CT molecular complexity index is 625. The van der Waals surface area contributed by atoms with Gasteiger partial charge in [0.25, 0.3) is 0 Å². The van der Waals surface area contributed by atoms with Crippen LogP contribution < -0.4 is 10.6 Å². The third-order valence-corrected chi connectivity index (χ3v) is 4.96. The maximum Gasteiger partial charge on any atom is 0.143 e. The van der Waals surface area contributed by atoms with Gasteiger partial charge in [-0.05, 0) is 49.6 Å². The summed E-state index contributed by atoms with van der Waals surface area (Å²) in [5.74, 6) is 2.43. The lowest BCUT2D eigenvalue weighted by molar-refractivity contribution is 0.479. The van der Waals surface area contributed by atoms with Crippen molar-refractivity contribution in [3.8, 4) is 0 Å². The molecule has 3 heterocycles. The number of aromatic amines is 1. The molecule has 1 aliphatic carbocycles. The molecule has 2 fully saturated rings. The van der Waals surface area contributed by atoms with Gasteiger partial charge in [-0.2, -0.15) is 0 Å². The molecule has 5 heteroatoms. The van der Waals surface area contributed by atoms with Crippen molar-refractivity contribution in [1.29, 1.82) is 0 Å². The van der Waals surface area contributed by atoms with Gasteiger partial charge in [-0.25, -0.2) is 9.97 Å². The van der Waals surface area contributed by atoms with Gasteiger partial charge in [-0.3, -0.25) is 0 Å². The normalized spacial score (nSPS) is 24.1. The fourth-order valence-electron chi connectivity index (χ4n) is 3.47. The molecular formula is C16H23N5. The summed E-state index contributed by atoms with van der Waals surface area (Å²) in [6.45, 7) is 4.48. The zero-order valence-corrected chi connectivity index (χ0v) is 12.5. The SMILES string of the molecule is CC(c1c[nH]c2ncnc(N[C@@H]3CCCNC3)c12)C1CC1. The molecule has 0 spiro atoms. The topological polar surface area (TPSA) is 65.6 Å². The van der Waals surface area contributed by atoms with Gasteiger partial charge in [0, 0.05) is 18.8 Å². The van der Waals surface area contributed by atoms with Crippen LogP contribution in [0.4, 0.5) is 5.82 Å². The summed E-state index contributed by atoms with van der Waals surface area (Å²) >= 11 is 0. The van der Waals surface area contributed by atoms with Crippen molar-refractivity contribution in [2.75, 3.05) is 18.4 Å². The number of aromatic nitrogens is 3. The zero-order chi connectivity index (χ0) is 14.2. The molecule has 3 N–H and O–H groups in total. The number of anilines is 1. The molecule has 2 aliphatic rings. The monoisotopic (exact) mass is 285 g/mol. The lowest BCUT2D eigenvalue weighted by Crippen LogP contribution is -2.38. The molecule has 1 saturated carbocycles. The van der Waals surface area contributed by atoms with E-state index in [0.717, 1.165) is 30.5 Å². The van der Waals surface area contributed by atoms with E-state index in [1.54, 1.807) is 6.33 Å². The van der Waals surface area contributed by atoms with Crippen molar-refractivity contribution >= 4 is 16.9 Å². The lowest BCUT2D eigenvalue weighted by Gasteiger charge is -2.24. The highest BCUT2D eigenvalue weighted by Gasteiger charge is 2.31. The van der Waals surface area contributed by atoms with Crippen molar-refractivity contribution < 1.29 is 0 Å². The van der Waals surface area contributed by atoms with Crippen LogP contribution in [0.2, 0.25) is 0 Å². The minimum absolute atomic E-state index is 0.468. The quantitative estimate of drug-likeness (QED) is 0.808. The average Bonchev–Trinajstić information content (AvgIpc) is 3.27. The standard InChI is InChI=1S/C16H23N5/c1-10(11-4-5-11)13-8-18-15-14(13)16(20-9-19-15)21-12-3-2-6-17-7-12/h8-12,17H,2-7H2,1H3,(H2,18,19,20,21)/t10?,12-/m1/s1.